The summed E-state index contributed by atoms with van der Waals surface area (Å²) in [6.07, 6.45) is 4.69. The molecular formula is C6H10O5P+. The zero-order chi connectivity index (χ0) is 9.23. The van der Waals surface area contributed by atoms with Gasteiger partial charge in [-0.05, 0) is 12.2 Å². The molecule has 0 aliphatic carbocycles. The molecule has 0 aromatic carbocycles. The van der Waals surface area contributed by atoms with Crippen LogP contribution in [-0.2, 0) is 13.6 Å². The van der Waals surface area contributed by atoms with E-state index in [0.29, 0.717) is 0 Å². The fourth-order valence-corrected chi connectivity index (χ4v) is 0.717. The van der Waals surface area contributed by atoms with Crippen LogP contribution in [0.15, 0.2) is 24.7 Å². The highest BCUT2D eigenvalue weighted by Gasteiger charge is 2.16. The summed E-state index contributed by atoms with van der Waals surface area (Å²) in [4.78, 5) is 0. The topological polar surface area (TPSA) is 76.0 Å². The molecule has 0 aliphatic heterocycles. The van der Waals surface area contributed by atoms with E-state index in [0.717, 1.165) is 12.5 Å². The molecule has 0 radical (unpaired) electrons. The largest absolute Gasteiger partial charge is 0.804 e. The van der Waals surface area contributed by atoms with Crippen LogP contribution < -0.4 is 0 Å². The van der Waals surface area contributed by atoms with Crippen LogP contribution in [0.3, 0.4) is 0 Å². The summed E-state index contributed by atoms with van der Waals surface area (Å²) in [5.74, 6) is 0. The van der Waals surface area contributed by atoms with Gasteiger partial charge in [0, 0.05) is 4.57 Å². The second kappa shape index (κ2) is 8.20. The Bertz CT molecular complexity index is 159. The number of aliphatic hydroxyl groups is 2. The summed E-state index contributed by atoms with van der Waals surface area (Å²) in [6, 6.07) is 0. The molecule has 12 heavy (non-hydrogen) atoms. The van der Waals surface area contributed by atoms with E-state index in [2.05, 4.69) is 9.05 Å². The fourth-order valence-electron chi connectivity index (χ4n) is 0.296. The Morgan fingerprint density at radius 1 is 1.08 bits per heavy atom. The smallest absolute Gasteiger partial charge is 0.392 e. The molecule has 0 aliphatic rings. The van der Waals surface area contributed by atoms with Crippen LogP contribution in [0.1, 0.15) is 0 Å². The highest BCUT2D eigenvalue weighted by Crippen LogP contribution is 2.23. The third-order valence-corrected chi connectivity index (χ3v) is 1.28. The van der Waals surface area contributed by atoms with E-state index in [-0.39, 0.29) is 13.2 Å². The molecule has 0 spiro atoms. The summed E-state index contributed by atoms with van der Waals surface area (Å²) in [5, 5.41) is 16.5. The molecule has 0 atom stereocenters. The fraction of sp³-hybridized carbons (Fsp3) is 0.333. The standard InChI is InChI=1S/C6H10O5P/c7-3-1-5-10-12(9)11-6-2-4-8/h1-2,5-8H,3-4H2/q+1. The van der Waals surface area contributed by atoms with Gasteiger partial charge in [-0.15, -0.1) is 0 Å². The lowest BCUT2D eigenvalue weighted by Gasteiger charge is -1.80. The maximum absolute atomic E-state index is 10.6. The second-order valence-corrected chi connectivity index (χ2v) is 2.41. The van der Waals surface area contributed by atoms with Gasteiger partial charge in [-0.25, -0.2) is 9.05 Å². The van der Waals surface area contributed by atoms with Crippen molar-refractivity contribution in [2.24, 2.45) is 0 Å². The molecule has 0 aromatic rings. The third kappa shape index (κ3) is 7.21. The van der Waals surface area contributed by atoms with Crippen LogP contribution in [0.4, 0.5) is 0 Å². The van der Waals surface area contributed by atoms with E-state index >= 15 is 0 Å². The Morgan fingerprint density at radius 3 is 1.83 bits per heavy atom. The van der Waals surface area contributed by atoms with E-state index in [9.17, 15) is 4.57 Å². The molecule has 6 heteroatoms. The second-order valence-electron chi connectivity index (χ2n) is 1.54. The summed E-state index contributed by atoms with van der Waals surface area (Å²) < 4.78 is 19.5. The average molecular weight is 193 g/mol. The van der Waals surface area contributed by atoms with Gasteiger partial charge in [-0.2, -0.15) is 0 Å². The summed E-state index contributed by atoms with van der Waals surface area (Å²) in [6.45, 7) is -0.370. The Hall–Kier alpha value is -0.900. The normalized spacial score (nSPS) is 12.3. The Morgan fingerprint density at radius 2 is 1.50 bits per heavy atom. The maximum Gasteiger partial charge on any atom is 0.804 e. The molecule has 0 fully saturated rings. The van der Waals surface area contributed by atoms with Crippen LogP contribution in [-0.4, -0.2) is 23.4 Å². The molecule has 0 saturated carbocycles. The van der Waals surface area contributed by atoms with Gasteiger partial charge in [-0.3, -0.25) is 0 Å². The van der Waals surface area contributed by atoms with Crippen molar-refractivity contribution in [3.05, 3.63) is 24.7 Å². The Balaban J connectivity index is 3.46. The first-order valence-electron chi connectivity index (χ1n) is 3.13. The minimum atomic E-state index is -2.25. The van der Waals surface area contributed by atoms with Crippen molar-refractivity contribution < 1.29 is 23.8 Å². The van der Waals surface area contributed by atoms with Gasteiger partial charge < -0.3 is 10.2 Å². The molecule has 0 amide bonds. The van der Waals surface area contributed by atoms with E-state index in [1.807, 2.05) is 0 Å². The molecule has 0 aromatic heterocycles. The van der Waals surface area contributed by atoms with Crippen molar-refractivity contribution in [3.8, 4) is 0 Å². The van der Waals surface area contributed by atoms with Crippen LogP contribution in [0.5, 0.6) is 0 Å². The average Bonchev–Trinajstić information content (AvgIpc) is 2.06. The van der Waals surface area contributed by atoms with Gasteiger partial charge in [0.2, 0.25) is 0 Å². The van der Waals surface area contributed by atoms with E-state index in [1.54, 1.807) is 0 Å². The quantitative estimate of drug-likeness (QED) is 0.479. The van der Waals surface area contributed by atoms with Crippen molar-refractivity contribution in [3.63, 3.8) is 0 Å². The molecule has 0 bridgehead atoms. The molecule has 68 valence electrons. The molecule has 0 unspecified atom stereocenters. The first-order valence-corrected chi connectivity index (χ1v) is 4.23. The van der Waals surface area contributed by atoms with Crippen molar-refractivity contribution >= 4 is 8.25 Å². The minimum absolute atomic E-state index is 0.185. The zero-order valence-electron chi connectivity index (χ0n) is 6.29. The summed E-state index contributed by atoms with van der Waals surface area (Å²) in [7, 11) is -2.25. The van der Waals surface area contributed by atoms with Gasteiger partial charge in [0.1, 0.15) is 0 Å². The number of aliphatic hydroxyl groups excluding tert-OH is 2. The molecule has 0 saturated heterocycles. The SMILES string of the molecule is O=[P+](OC=CCO)OC=CCO. The highest BCUT2D eigenvalue weighted by atomic mass is 31.1. The van der Waals surface area contributed by atoms with Crippen molar-refractivity contribution in [2.45, 2.75) is 0 Å². The van der Waals surface area contributed by atoms with Gasteiger partial charge in [-0.1, -0.05) is 0 Å². The lowest BCUT2D eigenvalue weighted by molar-refractivity contribution is 0.324. The van der Waals surface area contributed by atoms with E-state index < -0.39 is 8.25 Å². The van der Waals surface area contributed by atoms with Gasteiger partial charge in [0.15, 0.2) is 12.5 Å². The van der Waals surface area contributed by atoms with Crippen LogP contribution >= 0.6 is 8.25 Å². The molecular weight excluding hydrogens is 183 g/mol. The third-order valence-electron chi connectivity index (χ3n) is 0.697. The number of hydrogen-bond acceptors (Lipinski definition) is 5. The van der Waals surface area contributed by atoms with Gasteiger partial charge in [0.05, 0.1) is 13.2 Å². The number of rotatable bonds is 6. The minimum Gasteiger partial charge on any atom is -0.392 e. The van der Waals surface area contributed by atoms with Crippen LogP contribution in [0.2, 0.25) is 0 Å². The lowest BCUT2D eigenvalue weighted by Crippen LogP contribution is -1.75. The Labute approximate surface area is 70.9 Å². The van der Waals surface area contributed by atoms with Crippen LogP contribution in [0.25, 0.3) is 0 Å². The van der Waals surface area contributed by atoms with E-state index in [1.165, 1.54) is 12.2 Å². The van der Waals surface area contributed by atoms with Crippen molar-refractivity contribution in [2.75, 3.05) is 13.2 Å². The molecule has 5 nitrogen and oxygen atoms in total. The predicted molar refractivity (Wildman–Crippen MR) is 42.2 cm³/mol. The highest BCUT2D eigenvalue weighted by molar-refractivity contribution is 7.33. The molecule has 0 rings (SSSR count). The molecule has 2 N–H and O–H groups in total. The first-order chi connectivity index (χ1) is 5.81. The molecule has 0 heterocycles. The van der Waals surface area contributed by atoms with Gasteiger partial charge in [0.25, 0.3) is 0 Å². The maximum atomic E-state index is 10.6. The monoisotopic (exact) mass is 193 g/mol. The van der Waals surface area contributed by atoms with Crippen molar-refractivity contribution in [1.82, 2.24) is 0 Å². The Kier molecular flexibility index (Phi) is 7.58. The van der Waals surface area contributed by atoms with Crippen LogP contribution in [0, 0.1) is 0 Å². The lowest BCUT2D eigenvalue weighted by atomic mass is 10.7. The summed E-state index contributed by atoms with van der Waals surface area (Å²) >= 11 is 0. The summed E-state index contributed by atoms with van der Waals surface area (Å²) in [5.41, 5.74) is 0. The number of hydrogen-bond donors (Lipinski definition) is 2. The predicted octanol–water partition coefficient (Wildman–Crippen LogP) is 0.689. The van der Waals surface area contributed by atoms with Gasteiger partial charge >= 0.3 is 8.25 Å². The first kappa shape index (κ1) is 11.1. The van der Waals surface area contributed by atoms with E-state index in [4.69, 9.17) is 10.2 Å². The zero-order valence-corrected chi connectivity index (χ0v) is 7.18. The van der Waals surface area contributed by atoms with Crippen molar-refractivity contribution in [1.29, 1.82) is 0 Å².